The van der Waals surface area contributed by atoms with Crippen LogP contribution in [-0.2, 0) is 14.8 Å². The Labute approximate surface area is 170 Å². The lowest BCUT2D eigenvalue weighted by Crippen LogP contribution is -2.37. The van der Waals surface area contributed by atoms with Gasteiger partial charge in [-0.1, -0.05) is 26.0 Å². The highest BCUT2D eigenvalue weighted by molar-refractivity contribution is 7.92. The smallest absolute Gasteiger partial charge is 0.415 e. The first-order valence-electron chi connectivity index (χ1n) is 9.27. The van der Waals surface area contributed by atoms with Crippen molar-refractivity contribution in [2.75, 3.05) is 27.8 Å². The third-order valence-corrected chi connectivity index (χ3v) is 5.23. The SMILES string of the molecule is CC(C)[C@H]1COC(=O)N1c1ccnc(N[C@@H](C)c2ccc(NS(C)(=O)=O)cc2)n1. The number of rotatable bonds is 7. The van der Waals surface area contributed by atoms with E-state index in [2.05, 4.69) is 20.0 Å². The van der Waals surface area contributed by atoms with Crippen molar-refractivity contribution < 1.29 is 17.9 Å². The van der Waals surface area contributed by atoms with E-state index in [9.17, 15) is 13.2 Å². The van der Waals surface area contributed by atoms with E-state index < -0.39 is 16.1 Å². The fourth-order valence-electron chi connectivity index (χ4n) is 3.07. The number of hydrogen-bond acceptors (Lipinski definition) is 7. The molecule has 2 atom stereocenters. The van der Waals surface area contributed by atoms with Crippen molar-refractivity contribution in [3.8, 4) is 0 Å². The van der Waals surface area contributed by atoms with Crippen molar-refractivity contribution >= 4 is 33.6 Å². The Morgan fingerprint density at radius 1 is 1.17 bits per heavy atom. The summed E-state index contributed by atoms with van der Waals surface area (Å²) < 4.78 is 30.2. The normalized spacial score (nSPS) is 17.9. The number of anilines is 3. The summed E-state index contributed by atoms with van der Waals surface area (Å²) in [6.07, 6.45) is 2.30. The van der Waals surface area contributed by atoms with Crippen LogP contribution in [-0.4, -0.2) is 43.4 Å². The second kappa shape index (κ2) is 8.24. The average molecular weight is 420 g/mol. The van der Waals surface area contributed by atoms with Gasteiger partial charge in [-0.15, -0.1) is 0 Å². The molecule has 2 N–H and O–H groups in total. The Balaban J connectivity index is 1.74. The minimum Gasteiger partial charge on any atom is -0.447 e. The van der Waals surface area contributed by atoms with Gasteiger partial charge in [0.2, 0.25) is 16.0 Å². The van der Waals surface area contributed by atoms with Crippen LogP contribution in [0, 0.1) is 5.92 Å². The van der Waals surface area contributed by atoms with Gasteiger partial charge in [0.05, 0.1) is 18.3 Å². The molecule has 1 saturated heterocycles. The summed E-state index contributed by atoms with van der Waals surface area (Å²) in [6, 6.07) is 8.51. The molecule has 10 heteroatoms. The molecule has 0 radical (unpaired) electrons. The van der Waals surface area contributed by atoms with E-state index >= 15 is 0 Å². The molecule has 3 rings (SSSR count). The molecule has 9 nitrogen and oxygen atoms in total. The quantitative estimate of drug-likeness (QED) is 0.709. The molecule has 0 unspecified atom stereocenters. The van der Waals surface area contributed by atoms with Gasteiger partial charge in [-0.25, -0.2) is 18.2 Å². The zero-order valence-corrected chi connectivity index (χ0v) is 17.6. The maximum Gasteiger partial charge on any atom is 0.415 e. The van der Waals surface area contributed by atoms with Crippen LogP contribution >= 0.6 is 0 Å². The van der Waals surface area contributed by atoms with Gasteiger partial charge in [0, 0.05) is 11.9 Å². The van der Waals surface area contributed by atoms with Gasteiger partial charge in [-0.3, -0.25) is 9.62 Å². The molecular formula is C19H25N5O4S. The molecule has 1 fully saturated rings. The highest BCUT2D eigenvalue weighted by Crippen LogP contribution is 2.27. The molecule has 2 aromatic rings. The number of hydrogen-bond donors (Lipinski definition) is 2. The van der Waals surface area contributed by atoms with Gasteiger partial charge in [-0.05, 0) is 36.6 Å². The van der Waals surface area contributed by atoms with Gasteiger partial charge >= 0.3 is 6.09 Å². The Hall–Kier alpha value is -2.88. The highest BCUT2D eigenvalue weighted by Gasteiger charge is 2.37. The monoisotopic (exact) mass is 419 g/mol. The predicted molar refractivity (Wildman–Crippen MR) is 111 cm³/mol. The Bertz CT molecular complexity index is 978. The molecular weight excluding hydrogens is 394 g/mol. The van der Waals surface area contributed by atoms with Crippen LogP contribution < -0.4 is 14.9 Å². The summed E-state index contributed by atoms with van der Waals surface area (Å²) in [5, 5.41) is 3.21. The van der Waals surface area contributed by atoms with Crippen LogP contribution in [0.2, 0.25) is 0 Å². The number of nitrogens with one attached hydrogen (secondary N) is 2. The lowest BCUT2D eigenvalue weighted by molar-refractivity contribution is 0.177. The number of amides is 1. The van der Waals surface area contributed by atoms with Gasteiger partial charge in [0.25, 0.3) is 0 Å². The van der Waals surface area contributed by atoms with Crippen molar-refractivity contribution in [3.63, 3.8) is 0 Å². The first-order chi connectivity index (χ1) is 13.6. The van der Waals surface area contributed by atoms with E-state index in [1.165, 1.54) is 0 Å². The van der Waals surface area contributed by atoms with Crippen molar-refractivity contribution in [2.24, 2.45) is 5.92 Å². The summed E-state index contributed by atoms with van der Waals surface area (Å²) in [7, 11) is -3.32. The van der Waals surface area contributed by atoms with Crippen molar-refractivity contribution in [3.05, 3.63) is 42.1 Å². The molecule has 1 amide bonds. The van der Waals surface area contributed by atoms with E-state index in [-0.39, 0.29) is 18.0 Å². The molecule has 0 saturated carbocycles. The van der Waals surface area contributed by atoms with Crippen LogP contribution in [0.15, 0.2) is 36.5 Å². The summed E-state index contributed by atoms with van der Waals surface area (Å²) in [5.41, 5.74) is 1.42. The zero-order valence-electron chi connectivity index (χ0n) is 16.8. The second-order valence-electron chi connectivity index (χ2n) is 7.36. The Kier molecular flexibility index (Phi) is 5.92. The van der Waals surface area contributed by atoms with Crippen LogP contribution in [0.4, 0.5) is 22.2 Å². The molecule has 0 spiro atoms. The first kappa shape index (κ1) is 20.8. The predicted octanol–water partition coefficient (Wildman–Crippen LogP) is 3.00. The fourth-order valence-corrected chi connectivity index (χ4v) is 3.64. The highest BCUT2D eigenvalue weighted by atomic mass is 32.2. The van der Waals surface area contributed by atoms with Gasteiger partial charge in [-0.2, -0.15) is 4.98 Å². The number of cyclic esters (lactones) is 1. The maximum atomic E-state index is 12.1. The summed E-state index contributed by atoms with van der Waals surface area (Å²) in [6.45, 7) is 6.35. The number of carbonyl (C=O) groups excluding carboxylic acids is 1. The topological polar surface area (TPSA) is 114 Å². The molecule has 1 aromatic heterocycles. The van der Waals surface area contributed by atoms with Gasteiger partial charge < -0.3 is 10.1 Å². The average Bonchev–Trinajstić information content (AvgIpc) is 3.03. The van der Waals surface area contributed by atoms with Crippen molar-refractivity contribution in [1.82, 2.24) is 9.97 Å². The standard InChI is InChI=1S/C19H25N5O4S/c1-12(2)16-11-28-19(25)24(16)17-9-10-20-18(22-17)21-13(3)14-5-7-15(8-6-14)23-29(4,26)27/h5-10,12-13,16,23H,11H2,1-4H3,(H,20,21,22)/t13-,16+/m0/s1. The van der Waals surface area contributed by atoms with Crippen LogP contribution in [0.1, 0.15) is 32.4 Å². The molecule has 2 heterocycles. The molecule has 1 aliphatic heterocycles. The third-order valence-electron chi connectivity index (χ3n) is 4.62. The van der Waals surface area contributed by atoms with E-state index in [4.69, 9.17) is 4.74 Å². The second-order valence-corrected chi connectivity index (χ2v) is 9.11. The Morgan fingerprint density at radius 3 is 2.48 bits per heavy atom. The molecule has 0 bridgehead atoms. The van der Waals surface area contributed by atoms with E-state index in [0.29, 0.717) is 24.1 Å². The molecule has 29 heavy (non-hydrogen) atoms. The van der Waals surface area contributed by atoms with E-state index in [0.717, 1.165) is 11.8 Å². The lowest BCUT2D eigenvalue weighted by atomic mass is 10.0. The summed E-state index contributed by atoms with van der Waals surface area (Å²) in [4.78, 5) is 22.4. The van der Waals surface area contributed by atoms with Gasteiger partial charge in [0.15, 0.2) is 0 Å². The molecule has 156 valence electrons. The minimum atomic E-state index is -3.32. The van der Waals surface area contributed by atoms with Crippen molar-refractivity contribution in [1.29, 1.82) is 0 Å². The van der Waals surface area contributed by atoms with Gasteiger partial charge in [0.1, 0.15) is 12.4 Å². The minimum absolute atomic E-state index is 0.0717. The number of ether oxygens (including phenoxy) is 1. The van der Waals surface area contributed by atoms with Crippen LogP contribution in [0.5, 0.6) is 0 Å². The van der Waals surface area contributed by atoms with E-state index in [1.807, 2.05) is 32.9 Å². The number of sulfonamides is 1. The maximum absolute atomic E-state index is 12.1. The number of carbonyl (C=O) groups is 1. The summed E-state index contributed by atoms with van der Waals surface area (Å²) in [5.74, 6) is 1.10. The summed E-state index contributed by atoms with van der Waals surface area (Å²) >= 11 is 0. The molecule has 0 aliphatic carbocycles. The zero-order chi connectivity index (χ0) is 21.2. The van der Waals surface area contributed by atoms with Crippen LogP contribution in [0.25, 0.3) is 0 Å². The fraction of sp³-hybridized carbons (Fsp3) is 0.421. The molecule has 1 aromatic carbocycles. The first-order valence-corrected chi connectivity index (χ1v) is 11.2. The Morgan fingerprint density at radius 2 is 1.86 bits per heavy atom. The molecule has 1 aliphatic rings. The lowest BCUT2D eigenvalue weighted by Gasteiger charge is -2.23. The third kappa shape index (κ3) is 5.14. The number of benzene rings is 1. The largest absolute Gasteiger partial charge is 0.447 e. The number of aromatic nitrogens is 2. The van der Waals surface area contributed by atoms with Crippen LogP contribution in [0.3, 0.4) is 0 Å². The number of nitrogens with zero attached hydrogens (tertiary/aromatic N) is 3. The van der Waals surface area contributed by atoms with E-state index in [1.54, 1.807) is 29.3 Å². The van der Waals surface area contributed by atoms with Crippen molar-refractivity contribution in [2.45, 2.75) is 32.9 Å².